The molecule has 1 aromatic heterocycles. The van der Waals surface area contributed by atoms with E-state index >= 15 is 0 Å². The first-order valence-corrected chi connectivity index (χ1v) is 9.08. The molecular weight excluding hydrogens is 415 g/mol. The number of nitrogens with zero attached hydrogens (tertiary/aromatic N) is 2. The summed E-state index contributed by atoms with van der Waals surface area (Å²) in [6.45, 7) is 8.24. The van der Waals surface area contributed by atoms with Crippen molar-refractivity contribution in [3.05, 3.63) is 17.0 Å². The van der Waals surface area contributed by atoms with E-state index in [1.807, 2.05) is 7.05 Å². The monoisotopic (exact) mass is 448 g/mol. The number of guanidine groups is 1. The highest BCUT2D eigenvalue weighted by atomic mass is 127. The number of aryl methyl sites for hydroxylation is 2. The minimum absolute atomic E-state index is 0. The van der Waals surface area contributed by atoms with Crippen LogP contribution in [0.15, 0.2) is 9.52 Å². The molecule has 0 aromatic carbocycles. The second-order valence-corrected chi connectivity index (χ2v) is 6.58. The Morgan fingerprint density at radius 2 is 1.88 bits per heavy atom. The van der Waals surface area contributed by atoms with Gasteiger partial charge in [0.05, 0.1) is 5.69 Å². The zero-order valence-electron chi connectivity index (χ0n) is 15.6. The van der Waals surface area contributed by atoms with E-state index < -0.39 is 0 Å². The maximum Gasteiger partial charge on any atom is 0.191 e. The zero-order valence-corrected chi connectivity index (χ0v) is 17.9. The third-order valence-corrected chi connectivity index (χ3v) is 5.31. The van der Waals surface area contributed by atoms with E-state index in [-0.39, 0.29) is 24.0 Å². The molecule has 2 rings (SSSR count). The summed E-state index contributed by atoms with van der Waals surface area (Å²) in [6, 6.07) is 0. The molecule has 0 radical (unpaired) electrons. The summed E-state index contributed by atoms with van der Waals surface area (Å²) in [6.07, 6.45) is 8.39. The van der Waals surface area contributed by atoms with Crippen LogP contribution in [0.25, 0.3) is 0 Å². The Bertz CT molecular complexity index is 500. The molecule has 1 fully saturated rings. The SMILES string of the molecule is CCc1noc(CC)c1CNC(=NC)NCC1(CC)CCCC1.I. The molecule has 0 amide bonds. The molecule has 1 aromatic rings. The van der Waals surface area contributed by atoms with Gasteiger partial charge in [-0.05, 0) is 31.1 Å². The third-order valence-electron chi connectivity index (χ3n) is 5.31. The first kappa shape index (κ1) is 21.3. The van der Waals surface area contributed by atoms with Gasteiger partial charge in [-0.25, -0.2) is 0 Å². The van der Waals surface area contributed by atoms with Crippen LogP contribution in [0.3, 0.4) is 0 Å². The summed E-state index contributed by atoms with van der Waals surface area (Å²) in [5.74, 6) is 1.85. The van der Waals surface area contributed by atoms with Gasteiger partial charge in [-0.3, -0.25) is 4.99 Å². The van der Waals surface area contributed by atoms with E-state index in [0.717, 1.165) is 36.8 Å². The van der Waals surface area contributed by atoms with Crippen molar-refractivity contribution in [3.63, 3.8) is 0 Å². The predicted octanol–water partition coefficient (Wildman–Crippen LogP) is 4.05. The van der Waals surface area contributed by atoms with Gasteiger partial charge in [-0.15, -0.1) is 24.0 Å². The molecular formula is C18H33IN4O. The molecule has 6 heteroatoms. The topological polar surface area (TPSA) is 62.5 Å². The lowest BCUT2D eigenvalue weighted by molar-refractivity contribution is 0.283. The van der Waals surface area contributed by atoms with Crippen LogP contribution in [0.1, 0.15) is 69.9 Å². The van der Waals surface area contributed by atoms with Gasteiger partial charge in [-0.2, -0.15) is 0 Å². The Morgan fingerprint density at radius 3 is 2.42 bits per heavy atom. The Labute approximate surface area is 163 Å². The van der Waals surface area contributed by atoms with Crippen molar-refractivity contribution in [2.45, 2.75) is 72.3 Å². The Hall–Kier alpha value is -0.790. The van der Waals surface area contributed by atoms with Crippen LogP contribution >= 0.6 is 24.0 Å². The van der Waals surface area contributed by atoms with Gasteiger partial charge in [0, 0.05) is 32.1 Å². The summed E-state index contributed by atoms with van der Waals surface area (Å²) in [5.41, 5.74) is 2.69. The lowest BCUT2D eigenvalue weighted by Crippen LogP contribution is -2.42. The minimum Gasteiger partial charge on any atom is -0.361 e. The molecule has 0 aliphatic heterocycles. The molecule has 0 unspecified atom stereocenters. The third kappa shape index (κ3) is 5.10. The summed E-state index contributed by atoms with van der Waals surface area (Å²) in [4.78, 5) is 4.37. The van der Waals surface area contributed by atoms with Gasteiger partial charge in [0.1, 0.15) is 5.76 Å². The molecule has 5 nitrogen and oxygen atoms in total. The van der Waals surface area contributed by atoms with Crippen molar-refractivity contribution < 1.29 is 4.52 Å². The lowest BCUT2D eigenvalue weighted by atomic mass is 9.83. The number of hydrogen-bond donors (Lipinski definition) is 2. The first-order valence-electron chi connectivity index (χ1n) is 9.08. The molecule has 1 heterocycles. The average Bonchev–Trinajstić information content (AvgIpc) is 3.21. The van der Waals surface area contributed by atoms with Crippen molar-refractivity contribution in [2.24, 2.45) is 10.4 Å². The number of nitrogens with one attached hydrogen (secondary N) is 2. The van der Waals surface area contributed by atoms with Crippen LogP contribution in [0.2, 0.25) is 0 Å². The fourth-order valence-corrected chi connectivity index (χ4v) is 3.58. The summed E-state index contributed by atoms with van der Waals surface area (Å²) in [7, 11) is 1.83. The van der Waals surface area contributed by atoms with E-state index in [1.165, 1.54) is 37.7 Å². The van der Waals surface area contributed by atoms with Crippen LogP contribution < -0.4 is 10.6 Å². The zero-order chi connectivity index (χ0) is 16.7. The average molecular weight is 448 g/mol. The Kier molecular flexibility index (Phi) is 9.08. The van der Waals surface area contributed by atoms with Gasteiger partial charge in [0.2, 0.25) is 0 Å². The minimum atomic E-state index is 0. The Balaban J connectivity index is 0.00000288. The largest absolute Gasteiger partial charge is 0.361 e. The van der Waals surface area contributed by atoms with Gasteiger partial charge >= 0.3 is 0 Å². The van der Waals surface area contributed by atoms with Crippen molar-refractivity contribution >= 4 is 29.9 Å². The molecule has 1 aliphatic carbocycles. The maximum absolute atomic E-state index is 5.43. The van der Waals surface area contributed by atoms with Crippen molar-refractivity contribution in [1.82, 2.24) is 15.8 Å². The van der Waals surface area contributed by atoms with Gasteiger partial charge in [0.15, 0.2) is 5.96 Å². The fourth-order valence-electron chi connectivity index (χ4n) is 3.58. The van der Waals surface area contributed by atoms with Gasteiger partial charge < -0.3 is 15.2 Å². The van der Waals surface area contributed by atoms with Crippen LogP contribution in [0.4, 0.5) is 0 Å². The number of rotatable bonds is 7. The predicted molar refractivity (Wildman–Crippen MR) is 110 cm³/mol. The second kappa shape index (κ2) is 10.3. The normalized spacial score (nSPS) is 16.8. The van der Waals surface area contributed by atoms with Crippen molar-refractivity contribution in [2.75, 3.05) is 13.6 Å². The van der Waals surface area contributed by atoms with E-state index in [2.05, 4.69) is 41.6 Å². The lowest BCUT2D eigenvalue weighted by Gasteiger charge is -2.28. The molecule has 1 saturated carbocycles. The fraction of sp³-hybridized carbons (Fsp3) is 0.778. The highest BCUT2D eigenvalue weighted by Crippen LogP contribution is 2.40. The van der Waals surface area contributed by atoms with E-state index in [1.54, 1.807) is 0 Å². The van der Waals surface area contributed by atoms with Crippen LogP contribution in [0, 0.1) is 5.41 Å². The highest BCUT2D eigenvalue weighted by Gasteiger charge is 2.31. The van der Waals surface area contributed by atoms with E-state index in [0.29, 0.717) is 12.0 Å². The number of hydrogen-bond acceptors (Lipinski definition) is 3. The second-order valence-electron chi connectivity index (χ2n) is 6.58. The summed E-state index contributed by atoms with van der Waals surface area (Å²) < 4.78 is 5.43. The maximum atomic E-state index is 5.43. The molecule has 0 bridgehead atoms. The number of halogens is 1. The van der Waals surface area contributed by atoms with Crippen LogP contribution in [0.5, 0.6) is 0 Å². The van der Waals surface area contributed by atoms with Crippen molar-refractivity contribution in [3.8, 4) is 0 Å². The molecule has 1 aliphatic rings. The Morgan fingerprint density at radius 1 is 1.17 bits per heavy atom. The number of aromatic nitrogens is 1. The smallest absolute Gasteiger partial charge is 0.191 e. The quantitative estimate of drug-likeness (QED) is 0.375. The van der Waals surface area contributed by atoms with E-state index in [9.17, 15) is 0 Å². The van der Waals surface area contributed by atoms with Crippen LogP contribution in [-0.4, -0.2) is 24.7 Å². The van der Waals surface area contributed by atoms with Gasteiger partial charge in [0.25, 0.3) is 0 Å². The van der Waals surface area contributed by atoms with E-state index in [4.69, 9.17) is 4.52 Å². The molecule has 2 N–H and O–H groups in total. The summed E-state index contributed by atoms with van der Waals surface area (Å²) >= 11 is 0. The van der Waals surface area contributed by atoms with Crippen molar-refractivity contribution in [1.29, 1.82) is 0 Å². The standard InChI is InChI=1S/C18H32N4O.HI/c1-5-15-14(16(6-2)23-22-15)12-20-17(19-4)21-13-18(7-3)10-8-9-11-18;/h5-13H2,1-4H3,(H2,19,20,21);1H. The summed E-state index contributed by atoms with van der Waals surface area (Å²) in [5, 5.41) is 11.1. The molecule has 0 saturated heterocycles. The number of aliphatic imine (C=N–C) groups is 1. The molecule has 138 valence electrons. The highest BCUT2D eigenvalue weighted by molar-refractivity contribution is 14.0. The molecule has 0 spiro atoms. The molecule has 0 atom stereocenters. The molecule has 24 heavy (non-hydrogen) atoms. The van der Waals surface area contributed by atoms with Gasteiger partial charge in [-0.1, -0.05) is 38.8 Å². The first-order chi connectivity index (χ1) is 11.2. The van der Waals surface area contributed by atoms with Crippen LogP contribution in [-0.2, 0) is 19.4 Å².